The number of nitrogens with one attached hydrogen (secondary N) is 1. The van der Waals surface area contributed by atoms with Gasteiger partial charge in [-0.3, -0.25) is 4.79 Å². The molecule has 1 amide bonds. The Kier molecular flexibility index (Phi) is 6.96. The van der Waals surface area contributed by atoms with Gasteiger partial charge in [0.2, 0.25) is 0 Å². The SMILES string of the molecule is C=C(OC)c1cc(B2OC(C)(C)C(C)(C)O2)cc(C(=O)NCCCN(C)C)c1. The van der Waals surface area contributed by atoms with E-state index in [1.165, 1.54) is 0 Å². The number of ether oxygens (including phenoxy) is 1. The van der Waals surface area contributed by atoms with Crippen LogP contribution in [0.15, 0.2) is 24.8 Å². The van der Waals surface area contributed by atoms with Crippen molar-refractivity contribution < 1.29 is 18.8 Å². The lowest BCUT2D eigenvalue weighted by Crippen LogP contribution is -2.41. The molecule has 1 N–H and O–H groups in total. The molecule has 0 spiro atoms. The predicted octanol–water partition coefficient (Wildman–Crippen LogP) is 2.28. The molecule has 1 aromatic carbocycles. The van der Waals surface area contributed by atoms with Crippen LogP contribution in [0.5, 0.6) is 0 Å². The van der Waals surface area contributed by atoms with E-state index >= 15 is 0 Å². The summed E-state index contributed by atoms with van der Waals surface area (Å²) in [5.41, 5.74) is 1.12. The van der Waals surface area contributed by atoms with Crippen LogP contribution in [0.25, 0.3) is 5.76 Å². The van der Waals surface area contributed by atoms with Crippen molar-refractivity contribution in [1.82, 2.24) is 10.2 Å². The standard InChI is InChI=1S/C21H33BN2O4/c1-15(26-8)16-12-17(19(25)23-10-9-11-24(6)7)14-18(13-16)22-27-20(2,3)21(4,5)28-22/h12-14H,1,9-11H2,2-8H3,(H,23,25). The average molecular weight is 388 g/mol. The molecule has 28 heavy (non-hydrogen) atoms. The first-order valence-electron chi connectivity index (χ1n) is 9.63. The van der Waals surface area contributed by atoms with Crippen LogP contribution in [0.1, 0.15) is 50.0 Å². The van der Waals surface area contributed by atoms with Crippen molar-refractivity contribution in [1.29, 1.82) is 0 Å². The third-order valence-corrected chi connectivity index (χ3v) is 5.38. The van der Waals surface area contributed by atoms with Crippen molar-refractivity contribution in [3.63, 3.8) is 0 Å². The van der Waals surface area contributed by atoms with Gasteiger partial charge in [0.05, 0.1) is 18.3 Å². The summed E-state index contributed by atoms with van der Waals surface area (Å²) in [5, 5.41) is 2.97. The number of amides is 1. The molecule has 1 aromatic rings. The second kappa shape index (κ2) is 8.68. The number of benzene rings is 1. The fourth-order valence-corrected chi connectivity index (χ4v) is 2.88. The third-order valence-electron chi connectivity index (χ3n) is 5.38. The molecule has 0 radical (unpaired) electrons. The molecule has 7 heteroatoms. The van der Waals surface area contributed by atoms with Crippen molar-refractivity contribution in [2.45, 2.75) is 45.3 Å². The fourth-order valence-electron chi connectivity index (χ4n) is 2.88. The molecule has 1 heterocycles. The molecular weight excluding hydrogens is 355 g/mol. The van der Waals surface area contributed by atoms with E-state index in [0.29, 0.717) is 17.9 Å². The number of nitrogens with zero attached hydrogens (tertiary/aromatic N) is 1. The highest BCUT2D eigenvalue weighted by molar-refractivity contribution is 6.62. The molecule has 154 valence electrons. The minimum absolute atomic E-state index is 0.137. The van der Waals surface area contributed by atoms with Gasteiger partial charge in [0, 0.05) is 17.7 Å². The molecule has 1 saturated heterocycles. The first kappa shape index (κ1) is 22.5. The summed E-state index contributed by atoms with van der Waals surface area (Å²) in [6.07, 6.45) is 0.882. The largest absolute Gasteiger partial charge is 0.497 e. The lowest BCUT2D eigenvalue weighted by Gasteiger charge is -2.32. The second-order valence-corrected chi connectivity index (χ2v) is 8.47. The van der Waals surface area contributed by atoms with Gasteiger partial charge in [0.15, 0.2) is 0 Å². The Morgan fingerprint density at radius 3 is 2.25 bits per heavy atom. The maximum atomic E-state index is 12.7. The molecule has 0 saturated carbocycles. The molecular formula is C21H33BN2O4. The van der Waals surface area contributed by atoms with Crippen molar-refractivity contribution in [3.05, 3.63) is 35.9 Å². The smallest absolute Gasteiger partial charge is 0.494 e. The number of carbonyl (C=O) groups is 1. The first-order chi connectivity index (χ1) is 13.0. The van der Waals surface area contributed by atoms with E-state index < -0.39 is 18.3 Å². The molecule has 1 aliphatic heterocycles. The number of hydrogen-bond acceptors (Lipinski definition) is 5. The summed E-state index contributed by atoms with van der Waals surface area (Å²) >= 11 is 0. The van der Waals surface area contributed by atoms with Crippen LogP contribution in [-0.4, -0.2) is 63.4 Å². The lowest BCUT2D eigenvalue weighted by atomic mass is 9.77. The quantitative estimate of drug-likeness (QED) is 0.421. The van der Waals surface area contributed by atoms with Gasteiger partial charge >= 0.3 is 7.12 Å². The summed E-state index contributed by atoms with van der Waals surface area (Å²) in [4.78, 5) is 14.8. The number of rotatable bonds is 8. The van der Waals surface area contributed by atoms with E-state index in [2.05, 4.69) is 16.8 Å². The highest BCUT2D eigenvalue weighted by Crippen LogP contribution is 2.36. The monoisotopic (exact) mass is 388 g/mol. The van der Waals surface area contributed by atoms with E-state index in [9.17, 15) is 4.79 Å². The van der Waals surface area contributed by atoms with Crippen LogP contribution in [-0.2, 0) is 14.0 Å². The minimum Gasteiger partial charge on any atom is -0.497 e. The van der Waals surface area contributed by atoms with E-state index in [0.717, 1.165) is 24.0 Å². The summed E-state index contributed by atoms with van der Waals surface area (Å²) in [5.74, 6) is 0.349. The second-order valence-electron chi connectivity index (χ2n) is 8.47. The summed E-state index contributed by atoms with van der Waals surface area (Å²) in [7, 11) is 5.02. The first-order valence-corrected chi connectivity index (χ1v) is 9.63. The zero-order valence-corrected chi connectivity index (χ0v) is 18.2. The molecule has 1 fully saturated rings. The molecule has 0 aliphatic carbocycles. The van der Waals surface area contributed by atoms with Gasteiger partial charge in [-0.1, -0.05) is 12.6 Å². The average Bonchev–Trinajstić information content (AvgIpc) is 2.84. The number of hydrogen-bond donors (Lipinski definition) is 1. The van der Waals surface area contributed by atoms with Gasteiger partial charge in [-0.2, -0.15) is 0 Å². The van der Waals surface area contributed by atoms with Crippen LogP contribution in [0, 0.1) is 0 Å². The highest BCUT2D eigenvalue weighted by Gasteiger charge is 2.51. The van der Waals surface area contributed by atoms with Crippen LogP contribution >= 0.6 is 0 Å². The summed E-state index contributed by atoms with van der Waals surface area (Å²) < 4.78 is 17.6. The maximum Gasteiger partial charge on any atom is 0.494 e. The minimum atomic E-state index is -0.560. The van der Waals surface area contributed by atoms with E-state index in [4.69, 9.17) is 14.0 Å². The Hall–Kier alpha value is -1.83. The molecule has 0 aromatic heterocycles. The normalized spacial score (nSPS) is 17.6. The zero-order chi connectivity index (χ0) is 21.1. The lowest BCUT2D eigenvalue weighted by molar-refractivity contribution is 0.00578. The van der Waals surface area contributed by atoms with Crippen LogP contribution in [0.3, 0.4) is 0 Å². The topological polar surface area (TPSA) is 60.0 Å². The Labute approximate surface area is 169 Å². The van der Waals surface area contributed by atoms with Crippen molar-refractivity contribution in [3.8, 4) is 0 Å². The van der Waals surface area contributed by atoms with Gasteiger partial charge in [0.25, 0.3) is 5.91 Å². The van der Waals surface area contributed by atoms with Crippen molar-refractivity contribution in [2.75, 3.05) is 34.3 Å². The van der Waals surface area contributed by atoms with Crippen LogP contribution < -0.4 is 10.8 Å². The molecule has 0 unspecified atom stereocenters. The summed E-state index contributed by atoms with van der Waals surface area (Å²) in [6, 6.07) is 5.49. The van der Waals surface area contributed by atoms with Gasteiger partial charge < -0.3 is 24.3 Å². The van der Waals surface area contributed by atoms with Crippen LogP contribution in [0.4, 0.5) is 0 Å². The Bertz CT molecular complexity index is 715. The van der Waals surface area contributed by atoms with Gasteiger partial charge in [0.1, 0.15) is 5.76 Å². The molecule has 6 nitrogen and oxygen atoms in total. The third kappa shape index (κ3) is 5.16. The fraction of sp³-hybridized carbons (Fsp3) is 0.571. The maximum absolute atomic E-state index is 12.7. The van der Waals surface area contributed by atoms with E-state index in [-0.39, 0.29) is 5.91 Å². The van der Waals surface area contributed by atoms with E-state index in [1.807, 2.05) is 53.9 Å². The Balaban J connectivity index is 2.26. The number of methoxy groups -OCH3 is 1. The predicted molar refractivity (Wildman–Crippen MR) is 114 cm³/mol. The molecule has 1 aliphatic rings. The molecule has 2 rings (SSSR count). The Morgan fingerprint density at radius 2 is 1.71 bits per heavy atom. The molecule has 0 atom stereocenters. The molecule has 0 bridgehead atoms. The van der Waals surface area contributed by atoms with Crippen LogP contribution in [0.2, 0.25) is 0 Å². The van der Waals surface area contributed by atoms with Gasteiger partial charge in [-0.05, 0) is 72.4 Å². The zero-order valence-electron chi connectivity index (χ0n) is 18.2. The Morgan fingerprint density at radius 1 is 1.14 bits per heavy atom. The number of carbonyl (C=O) groups excluding carboxylic acids is 1. The van der Waals surface area contributed by atoms with Gasteiger partial charge in [-0.15, -0.1) is 0 Å². The van der Waals surface area contributed by atoms with Crippen molar-refractivity contribution >= 4 is 24.2 Å². The van der Waals surface area contributed by atoms with E-state index in [1.54, 1.807) is 13.2 Å². The highest BCUT2D eigenvalue weighted by atomic mass is 16.7. The van der Waals surface area contributed by atoms with Crippen molar-refractivity contribution in [2.24, 2.45) is 0 Å². The van der Waals surface area contributed by atoms with Gasteiger partial charge in [-0.25, -0.2) is 0 Å². The summed E-state index contributed by atoms with van der Waals surface area (Å²) in [6.45, 7) is 13.5.